The van der Waals surface area contributed by atoms with Crippen molar-refractivity contribution in [2.24, 2.45) is 0 Å². The van der Waals surface area contributed by atoms with E-state index in [-0.39, 0.29) is 11.9 Å². The maximum atomic E-state index is 12.9. The Morgan fingerprint density at radius 3 is 2.96 bits per heavy atom. The smallest absolute Gasteiger partial charge is 0.245 e. The maximum absolute atomic E-state index is 12.9. The monoisotopic (exact) mass is 348 g/mol. The van der Waals surface area contributed by atoms with Gasteiger partial charge in [0.1, 0.15) is 11.9 Å². The quantitative estimate of drug-likeness (QED) is 0.779. The van der Waals surface area contributed by atoms with Crippen molar-refractivity contribution in [1.82, 2.24) is 24.8 Å². The molecule has 0 radical (unpaired) electrons. The average Bonchev–Trinajstić information content (AvgIpc) is 2.65. The van der Waals surface area contributed by atoms with Crippen LogP contribution in [0.25, 0.3) is 10.9 Å². The third kappa shape index (κ3) is 3.33. The number of fused-ring (bicyclic) bond motifs is 1. The lowest BCUT2D eigenvalue weighted by Crippen LogP contribution is -2.47. The molecule has 3 aromatic heterocycles. The fraction of sp³-hybridized carbons (Fsp3) is 0.316. The second kappa shape index (κ2) is 7.03. The van der Waals surface area contributed by atoms with Crippen LogP contribution < -0.4 is 5.32 Å². The molecule has 0 spiro atoms. The Morgan fingerprint density at radius 1 is 1.19 bits per heavy atom. The van der Waals surface area contributed by atoms with Gasteiger partial charge in [-0.3, -0.25) is 14.8 Å². The molecule has 1 N–H and O–H groups in total. The maximum Gasteiger partial charge on any atom is 0.245 e. The van der Waals surface area contributed by atoms with Gasteiger partial charge in [0, 0.05) is 42.4 Å². The number of aryl methyl sites for hydroxylation is 1. The molecule has 0 saturated carbocycles. The number of aromatic nitrogens is 4. The Morgan fingerprint density at radius 2 is 2.08 bits per heavy atom. The lowest BCUT2D eigenvalue weighted by Gasteiger charge is -2.33. The first-order valence-electron chi connectivity index (χ1n) is 8.73. The minimum absolute atomic E-state index is 0.0985. The van der Waals surface area contributed by atoms with Crippen LogP contribution in [0.15, 0.2) is 43.0 Å². The Bertz CT molecular complexity index is 939. The lowest BCUT2D eigenvalue weighted by molar-refractivity contribution is -0.134. The van der Waals surface area contributed by atoms with Crippen molar-refractivity contribution in [2.45, 2.75) is 32.4 Å². The van der Waals surface area contributed by atoms with E-state index < -0.39 is 0 Å². The van der Waals surface area contributed by atoms with Crippen LogP contribution >= 0.6 is 0 Å². The van der Waals surface area contributed by atoms with E-state index in [1.165, 1.54) is 0 Å². The number of piperidine rings is 1. The van der Waals surface area contributed by atoms with E-state index in [1.807, 2.05) is 30.0 Å². The third-order valence-corrected chi connectivity index (χ3v) is 4.59. The largest absolute Gasteiger partial charge is 0.373 e. The highest BCUT2D eigenvalue weighted by Gasteiger charge is 2.29. The molecule has 132 valence electrons. The summed E-state index contributed by atoms with van der Waals surface area (Å²) in [6.07, 6.45) is 8.74. The van der Waals surface area contributed by atoms with E-state index in [0.29, 0.717) is 6.54 Å². The molecule has 1 unspecified atom stereocenters. The van der Waals surface area contributed by atoms with Crippen LogP contribution in [0.4, 0.5) is 5.69 Å². The number of carbonyl (C=O) groups is 1. The Labute approximate surface area is 151 Å². The minimum atomic E-state index is -0.252. The van der Waals surface area contributed by atoms with Crippen LogP contribution in [-0.4, -0.2) is 43.3 Å². The van der Waals surface area contributed by atoms with Gasteiger partial charge in [0.2, 0.25) is 5.91 Å². The number of hydrogen-bond acceptors (Lipinski definition) is 6. The molecule has 4 heterocycles. The zero-order chi connectivity index (χ0) is 17.9. The molecule has 7 heteroatoms. The number of hydrogen-bond donors (Lipinski definition) is 1. The van der Waals surface area contributed by atoms with E-state index in [2.05, 4.69) is 25.3 Å². The molecule has 3 aromatic rings. The second-order valence-corrected chi connectivity index (χ2v) is 6.45. The van der Waals surface area contributed by atoms with Crippen LogP contribution in [0.1, 0.15) is 24.4 Å². The summed E-state index contributed by atoms with van der Waals surface area (Å²) in [5.41, 5.74) is 2.62. The minimum Gasteiger partial charge on any atom is -0.373 e. The first-order valence-corrected chi connectivity index (χ1v) is 8.73. The second-order valence-electron chi connectivity index (χ2n) is 6.45. The van der Waals surface area contributed by atoms with Crippen LogP contribution in [0, 0.1) is 6.92 Å². The Hall–Kier alpha value is -3.09. The highest BCUT2D eigenvalue weighted by Crippen LogP contribution is 2.24. The van der Waals surface area contributed by atoms with Crippen molar-refractivity contribution >= 4 is 22.5 Å². The van der Waals surface area contributed by atoms with E-state index in [1.54, 1.807) is 24.8 Å². The molecule has 7 nitrogen and oxygen atoms in total. The van der Waals surface area contributed by atoms with Gasteiger partial charge in [-0.1, -0.05) is 0 Å². The van der Waals surface area contributed by atoms with E-state index >= 15 is 0 Å². The van der Waals surface area contributed by atoms with Crippen molar-refractivity contribution in [1.29, 1.82) is 0 Å². The van der Waals surface area contributed by atoms with Gasteiger partial charge in [-0.15, -0.1) is 0 Å². The van der Waals surface area contributed by atoms with Gasteiger partial charge in [-0.2, -0.15) is 0 Å². The van der Waals surface area contributed by atoms with Gasteiger partial charge in [0.15, 0.2) is 0 Å². The van der Waals surface area contributed by atoms with Gasteiger partial charge in [0.25, 0.3) is 0 Å². The van der Waals surface area contributed by atoms with Crippen LogP contribution in [-0.2, 0) is 11.3 Å². The molecule has 1 amide bonds. The molecule has 0 aromatic carbocycles. The Balaban J connectivity index is 1.52. The highest BCUT2D eigenvalue weighted by molar-refractivity contribution is 5.93. The zero-order valence-electron chi connectivity index (χ0n) is 14.6. The van der Waals surface area contributed by atoms with Crippen molar-refractivity contribution in [2.75, 3.05) is 11.9 Å². The van der Waals surface area contributed by atoms with Gasteiger partial charge in [0.05, 0.1) is 17.8 Å². The highest BCUT2D eigenvalue weighted by atomic mass is 16.2. The molecular weight excluding hydrogens is 328 g/mol. The van der Waals surface area contributed by atoms with Crippen molar-refractivity contribution in [3.63, 3.8) is 0 Å². The summed E-state index contributed by atoms with van der Waals surface area (Å²) in [6.45, 7) is 3.12. The number of nitrogens with one attached hydrogen (secondary N) is 1. The topological polar surface area (TPSA) is 83.9 Å². The molecular formula is C19H20N6O. The van der Waals surface area contributed by atoms with Crippen LogP contribution in [0.2, 0.25) is 0 Å². The molecule has 1 aliphatic heterocycles. The number of carbonyl (C=O) groups excluding carboxylic acids is 1. The van der Waals surface area contributed by atoms with E-state index in [0.717, 1.165) is 47.5 Å². The molecule has 26 heavy (non-hydrogen) atoms. The summed E-state index contributed by atoms with van der Waals surface area (Å²) in [4.78, 5) is 31.9. The number of rotatable bonds is 4. The normalized spacial score (nSPS) is 17.5. The molecule has 1 aliphatic rings. The van der Waals surface area contributed by atoms with Crippen LogP contribution in [0.3, 0.4) is 0 Å². The van der Waals surface area contributed by atoms with Crippen molar-refractivity contribution < 1.29 is 4.79 Å². The molecule has 1 fully saturated rings. The Kier molecular flexibility index (Phi) is 4.43. The number of nitrogens with zero attached hydrogens (tertiary/aromatic N) is 5. The third-order valence-electron chi connectivity index (χ3n) is 4.59. The summed E-state index contributed by atoms with van der Waals surface area (Å²) < 4.78 is 0. The first-order chi connectivity index (χ1) is 12.7. The summed E-state index contributed by atoms with van der Waals surface area (Å²) in [6, 6.07) is 5.37. The predicted molar refractivity (Wildman–Crippen MR) is 98.4 cm³/mol. The molecule has 1 saturated heterocycles. The fourth-order valence-corrected chi connectivity index (χ4v) is 3.32. The fourth-order valence-electron chi connectivity index (χ4n) is 3.32. The summed E-state index contributed by atoms with van der Waals surface area (Å²) in [7, 11) is 0. The van der Waals surface area contributed by atoms with Gasteiger partial charge >= 0.3 is 0 Å². The summed E-state index contributed by atoms with van der Waals surface area (Å²) >= 11 is 0. The van der Waals surface area contributed by atoms with Crippen molar-refractivity contribution in [3.05, 3.63) is 54.5 Å². The lowest BCUT2D eigenvalue weighted by atomic mass is 10.0. The van der Waals surface area contributed by atoms with Gasteiger partial charge in [-0.05, 0) is 38.0 Å². The van der Waals surface area contributed by atoms with E-state index in [9.17, 15) is 4.79 Å². The summed E-state index contributed by atoms with van der Waals surface area (Å²) in [5, 5.41) is 4.32. The number of likely N-dealkylation sites (tertiary alicyclic amines) is 1. The predicted octanol–water partition coefficient (Wildman–Crippen LogP) is 2.33. The number of anilines is 1. The average molecular weight is 348 g/mol. The van der Waals surface area contributed by atoms with Crippen molar-refractivity contribution in [3.8, 4) is 0 Å². The molecule has 4 rings (SSSR count). The van der Waals surface area contributed by atoms with E-state index in [4.69, 9.17) is 0 Å². The first kappa shape index (κ1) is 16.4. The number of pyridine rings is 2. The van der Waals surface area contributed by atoms with Crippen LogP contribution in [0.5, 0.6) is 0 Å². The van der Waals surface area contributed by atoms with Gasteiger partial charge < -0.3 is 10.2 Å². The number of amides is 1. The molecule has 0 bridgehead atoms. The SMILES string of the molecule is Cc1nccc(CN2CCCC(Nc3ccnc4ccncc34)C2=O)n1. The molecule has 0 aliphatic carbocycles. The summed E-state index contributed by atoms with van der Waals surface area (Å²) in [5.74, 6) is 0.818. The van der Waals surface area contributed by atoms with Gasteiger partial charge in [-0.25, -0.2) is 9.97 Å². The standard InChI is InChI=1S/C19H20N6O/c1-13-21-8-4-14(23-13)12-25-10-2-3-18(19(25)26)24-17-6-9-22-16-5-7-20-11-15(16)17/h4-9,11,18H,2-3,10,12H2,1H3,(H,22,24). The molecule has 1 atom stereocenters. The zero-order valence-corrected chi connectivity index (χ0v) is 14.6.